The predicted molar refractivity (Wildman–Crippen MR) is 155 cm³/mol. The topological polar surface area (TPSA) is 103 Å². The summed E-state index contributed by atoms with van der Waals surface area (Å²) in [6.07, 6.45) is 0.726. The maximum absolute atomic E-state index is 12.7. The van der Waals surface area contributed by atoms with Gasteiger partial charge in [0.1, 0.15) is 24.3 Å². The number of alkyl halides is 3. The van der Waals surface area contributed by atoms with Crippen LogP contribution in [0.15, 0.2) is 17.5 Å². The fraction of sp³-hybridized carbons (Fsp3) is 0.615. The van der Waals surface area contributed by atoms with E-state index in [0.29, 0.717) is 30.0 Å². The summed E-state index contributed by atoms with van der Waals surface area (Å²) in [6.45, 7) is 11.2. The molecule has 10 nitrogen and oxygen atoms in total. The van der Waals surface area contributed by atoms with Crippen molar-refractivity contribution in [2.24, 2.45) is 4.99 Å². The van der Waals surface area contributed by atoms with Crippen molar-refractivity contribution >= 4 is 49.2 Å². The second-order valence-corrected chi connectivity index (χ2v) is 16.9. The lowest BCUT2D eigenvalue weighted by atomic mass is 10.2. The smallest absolute Gasteiger partial charge is 0.414 e. The van der Waals surface area contributed by atoms with Gasteiger partial charge in [-0.05, 0) is 30.3 Å². The van der Waals surface area contributed by atoms with Crippen LogP contribution in [0.1, 0.15) is 39.0 Å². The largest absolute Gasteiger partial charge is 0.472 e. The quantitative estimate of drug-likeness (QED) is 0.109. The number of nitrogens with one attached hydrogen (secondary N) is 1. The van der Waals surface area contributed by atoms with Gasteiger partial charge in [0.2, 0.25) is 0 Å². The van der Waals surface area contributed by atoms with E-state index in [0.717, 1.165) is 0 Å². The van der Waals surface area contributed by atoms with E-state index in [4.69, 9.17) is 13.9 Å². The first-order valence-corrected chi connectivity index (χ1v) is 17.2. The Morgan fingerprint density at radius 3 is 2.66 bits per heavy atom. The Kier molecular flexibility index (Phi) is 10.5. The zero-order valence-corrected chi connectivity index (χ0v) is 26.3. The van der Waals surface area contributed by atoms with Gasteiger partial charge in [-0.2, -0.15) is 13.2 Å². The van der Waals surface area contributed by atoms with E-state index in [-0.39, 0.29) is 28.6 Å². The molecular formula is C26H37F3N6O4SSi. The number of nitrogens with zero attached hydrogens (tertiary/aromatic N) is 5. The van der Waals surface area contributed by atoms with Crippen molar-refractivity contribution in [2.75, 3.05) is 32.9 Å². The Bertz CT molecular complexity index is 1320. The average Bonchev–Trinajstić information content (AvgIpc) is 3.45. The van der Waals surface area contributed by atoms with Crippen molar-refractivity contribution in [3.05, 3.63) is 18.1 Å². The number of aliphatic imine (C=N–C) groups is 1. The van der Waals surface area contributed by atoms with Gasteiger partial charge in [0.05, 0.1) is 35.9 Å². The van der Waals surface area contributed by atoms with Crippen LogP contribution < -0.4 is 5.32 Å². The lowest BCUT2D eigenvalue weighted by Crippen LogP contribution is -2.44. The molecule has 2 aromatic rings. The highest BCUT2D eigenvalue weighted by molar-refractivity contribution is 7.98. The number of ether oxygens (including phenoxy) is 2. The lowest BCUT2D eigenvalue weighted by Gasteiger charge is -2.37. The molecule has 3 heterocycles. The molecule has 0 saturated carbocycles. The minimum Gasteiger partial charge on any atom is -0.414 e. The van der Waals surface area contributed by atoms with Gasteiger partial charge >= 0.3 is 12.1 Å². The van der Waals surface area contributed by atoms with Crippen LogP contribution >= 0.6 is 11.8 Å². The molecule has 1 amide bonds. The van der Waals surface area contributed by atoms with Crippen molar-refractivity contribution in [3.8, 4) is 12.0 Å². The van der Waals surface area contributed by atoms with Gasteiger partial charge in [-0.3, -0.25) is 10.1 Å². The number of hydrogen-bond acceptors (Lipinski definition) is 8. The molecule has 226 valence electrons. The Labute approximate surface area is 243 Å². The Morgan fingerprint density at radius 2 is 2.05 bits per heavy atom. The molecule has 0 radical (unpaired) electrons. The van der Waals surface area contributed by atoms with E-state index in [1.807, 2.05) is 6.26 Å². The molecule has 0 aromatic carbocycles. The SMILES string of the molecule is CSCOC1C[C@H](n2cc(C#CNC(=O)C(F)(F)F)c3c(N=CN(C)C)ncnc32)O[C@@H]1CO[Si](C)(C)C(C)(C)C. The van der Waals surface area contributed by atoms with Crippen LogP contribution in [-0.4, -0.2) is 91.3 Å². The summed E-state index contributed by atoms with van der Waals surface area (Å²) in [6, 6.07) is 2.11. The van der Waals surface area contributed by atoms with Gasteiger partial charge in [0.25, 0.3) is 0 Å². The van der Waals surface area contributed by atoms with E-state index in [1.165, 1.54) is 12.7 Å². The van der Waals surface area contributed by atoms with Crippen molar-refractivity contribution in [3.63, 3.8) is 0 Å². The highest BCUT2D eigenvalue weighted by Crippen LogP contribution is 2.40. The van der Waals surface area contributed by atoms with Crippen molar-refractivity contribution in [2.45, 2.75) is 69.9 Å². The van der Waals surface area contributed by atoms with Gasteiger partial charge in [0, 0.05) is 32.8 Å². The van der Waals surface area contributed by atoms with Crippen LogP contribution in [0.3, 0.4) is 0 Å². The third-order valence-electron chi connectivity index (χ3n) is 6.94. The van der Waals surface area contributed by atoms with E-state index < -0.39 is 26.6 Å². The molecule has 41 heavy (non-hydrogen) atoms. The first kappa shape index (κ1) is 32.9. The Hall–Kier alpha value is -2.64. The molecule has 15 heteroatoms. The van der Waals surface area contributed by atoms with Gasteiger partial charge in [-0.15, -0.1) is 11.8 Å². The highest BCUT2D eigenvalue weighted by Gasteiger charge is 2.42. The molecule has 2 aromatic heterocycles. The second kappa shape index (κ2) is 13.1. The van der Waals surface area contributed by atoms with Gasteiger partial charge in [0.15, 0.2) is 14.1 Å². The van der Waals surface area contributed by atoms with Gasteiger partial charge in [-0.1, -0.05) is 20.8 Å². The summed E-state index contributed by atoms with van der Waals surface area (Å²) >= 11 is 1.55. The first-order valence-electron chi connectivity index (χ1n) is 12.9. The first-order chi connectivity index (χ1) is 19.0. The molecule has 0 aliphatic carbocycles. The van der Waals surface area contributed by atoms with Crippen LogP contribution in [0.2, 0.25) is 18.1 Å². The number of amides is 1. The summed E-state index contributed by atoms with van der Waals surface area (Å²) in [5.41, 5.74) is 0.706. The summed E-state index contributed by atoms with van der Waals surface area (Å²) in [4.78, 5) is 26.1. The van der Waals surface area contributed by atoms with Gasteiger partial charge in [-0.25, -0.2) is 15.0 Å². The average molecular weight is 615 g/mol. The molecule has 3 rings (SSSR count). The van der Waals surface area contributed by atoms with Crippen molar-refractivity contribution in [1.82, 2.24) is 24.8 Å². The maximum Gasteiger partial charge on any atom is 0.472 e. The summed E-state index contributed by atoms with van der Waals surface area (Å²) in [5.74, 6) is 1.18. The van der Waals surface area contributed by atoms with Crippen LogP contribution in [0, 0.1) is 12.0 Å². The fourth-order valence-electron chi connectivity index (χ4n) is 3.74. The number of aromatic nitrogens is 3. The normalized spacial score (nSPS) is 19.9. The third kappa shape index (κ3) is 8.22. The molecule has 1 aliphatic rings. The maximum atomic E-state index is 12.7. The summed E-state index contributed by atoms with van der Waals surface area (Å²) < 4.78 is 58.8. The summed E-state index contributed by atoms with van der Waals surface area (Å²) in [7, 11) is 1.51. The van der Waals surface area contributed by atoms with E-state index in [1.54, 1.807) is 46.8 Å². The second-order valence-electron chi connectivity index (χ2n) is 11.3. The minimum atomic E-state index is -5.06. The number of carbonyl (C=O) groups is 1. The number of hydrogen-bond donors (Lipinski definition) is 1. The zero-order chi connectivity index (χ0) is 30.6. The minimum absolute atomic E-state index is 0.0206. The van der Waals surface area contributed by atoms with Crippen molar-refractivity contribution in [1.29, 1.82) is 0 Å². The number of halogens is 3. The number of rotatable bonds is 9. The summed E-state index contributed by atoms with van der Waals surface area (Å²) in [5, 5.41) is 2.00. The molecule has 3 atom stereocenters. The number of fused-ring (bicyclic) bond motifs is 1. The molecule has 1 saturated heterocycles. The van der Waals surface area contributed by atoms with Gasteiger partial charge < -0.3 is 23.4 Å². The highest BCUT2D eigenvalue weighted by atomic mass is 32.2. The molecule has 0 bridgehead atoms. The van der Waals surface area contributed by atoms with Crippen LogP contribution in [-0.2, 0) is 18.7 Å². The standard InChI is InChI=1S/C26H37F3N6O4SSi/c1-25(2,3)41(7,8)38-13-19-18(37-16-40-6)11-20(39-19)35-12-17(9-10-30-24(36)26(27,28)29)21-22(33-15-34(4)5)31-14-32-23(21)35/h12,14-15,18-20H,11,13,16H2,1-8H3,(H,30,36)/t18?,19-,20-/m1/s1. The van der Waals surface area contributed by atoms with Crippen LogP contribution in [0.25, 0.3) is 11.0 Å². The Morgan fingerprint density at radius 1 is 1.34 bits per heavy atom. The third-order valence-corrected chi connectivity index (χ3v) is 11.8. The van der Waals surface area contributed by atoms with Crippen molar-refractivity contribution < 1.29 is 31.9 Å². The number of thioether (sulfide) groups is 1. The molecular weight excluding hydrogens is 577 g/mol. The van der Waals surface area contributed by atoms with E-state index >= 15 is 0 Å². The van der Waals surface area contributed by atoms with E-state index in [2.05, 4.69) is 60.8 Å². The molecule has 0 spiro atoms. The molecule has 1 aliphatic heterocycles. The fourth-order valence-corrected chi connectivity index (χ4v) is 5.06. The van der Waals surface area contributed by atoms with Crippen LogP contribution in [0.5, 0.6) is 0 Å². The van der Waals surface area contributed by atoms with E-state index in [9.17, 15) is 18.0 Å². The lowest BCUT2D eigenvalue weighted by molar-refractivity contribution is -0.172. The zero-order valence-electron chi connectivity index (χ0n) is 24.5. The van der Waals surface area contributed by atoms with Crippen LogP contribution in [0.4, 0.5) is 19.0 Å². The number of carbonyl (C=O) groups excluding carboxylic acids is 1. The molecule has 1 N–H and O–H groups in total. The molecule has 1 fully saturated rings. The predicted octanol–water partition coefficient (Wildman–Crippen LogP) is 4.66. The Balaban J connectivity index is 2.00. The molecule has 1 unspecified atom stereocenters. The monoisotopic (exact) mass is 614 g/mol.